The SMILES string of the molecule is C[C@@H]1CN(CC(=O)N2CC(C)(C)c3ncc(Cc4ccc(F)cc4)cc32)[C@@H](CN2CC(C)(C)OC2=O)CN1. The summed E-state index contributed by atoms with van der Waals surface area (Å²) in [5.74, 6) is -0.230. The summed E-state index contributed by atoms with van der Waals surface area (Å²) in [5, 5.41) is 3.50. The molecule has 3 aliphatic heterocycles. The number of nitrogens with zero attached hydrogens (tertiary/aromatic N) is 4. The third-order valence-electron chi connectivity index (χ3n) is 7.72. The monoisotopic (exact) mass is 523 g/mol. The van der Waals surface area contributed by atoms with Gasteiger partial charge in [0, 0.05) is 49.9 Å². The predicted octanol–water partition coefficient (Wildman–Crippen LogP) is 3.33. The fraction of sp³-hybridized carbons (Fsp3) is 0.552. The quantitative estimate of drug-likeness (QED) is 0.626. The third kappa shape index (κ3) is 5.54. The van der Waals surface area contributed by atoms with Crippen LogP contribution in [0.5, 0.6) is 0 Å². The second-order valence-corrected chi connectivity index (χ2v) is 12.3. The lowest BCUT2D eigenvalue weighted by Gasteiger charge is -2.40. The van der Waals surface area contributed by atoms with Crippen LogP contribution in [0.3, 0.4) is 0 Å². The van der Waals surface area contributed by atoms with Crippen molar-refractivity contribution in [2.24, 2.45) is 0 Å². The minimum absolute atomic E-state index is 0.00891. The number of hydrogen-bond acceptors (Lipinski definition) is 6. The highest BCUT2D eigenvalue weighted by Gasteiger charge is 2.42. The number of ether oxygens (including phenoxy) is 1. The van der Waals surface area contributed by atoms with Crippen LogP contribution in [0.4, 0.5) is 14.9 Å². The van der Waals surface area contributed by atoms with Gasteiger partial charge >= 0.3 is 6.09 Å². The van der Waals surface area contributed by atoms with Crippen LogP contribution in [0.15, 0.2) is 36.5 Å². The average molecular weight is 524 g/mol. The van der Waals surface area contributed by atoms with Crippen LogP contribution in [-0.2, 0) is 21.4 Å². The third-order valence-corrected chi connectivity index (χ3v) is 7.72. The van der Waals surface area contributed by atoms with E-state index < -0.39 is 5.60 Å². The Morgan fingerprint density at radius 1 is 1.16 bits per heavy atom. The van der Waals surface area contributed by atoms with E-state index in [4.69, 9.17) is 9.72 Å². The lowest BCUT2D eigenvalue weighted by atomic mass is 9.91. The summed E-state index contributed by atoms with van der Waals surface area (Å²) in [5.41, 5.74) is 2.97. The highest BCUT2D eigenvalue weighted by Crippen LogP contribution is 2.40. The van der Waals surface area contributed by atoms with E-state index in [1.165, 1.54) is 12.1 Å². The Morgan fingerprint density at radius 2 is 1.89 bits per heavy atom. The van der Waals surface area contributed by atoms with Crippen LogP contribution < -0.4 is 10.2 Å². The van der Waals surface area contributed by atoms with Gasteiger partial charge in [-0.15, -0.1) is 0 Å². The van der Waals surface area contributed by atoms with E-state index in [1.807, 2.05) is 24.9 Å². The standard InChI is InChI=1S/C29H38FN5O3/c1-19-14-33(23(13-31-19)15-34-18-29(4,5)38-27(34)37)16-25(36)35-17-28(2,3)26-24(35)11-21(12-32-26)10-20-6-8-22(30)9-7-20/h6-9,11-12,19,23,31H,10,13-18H2,1-5H3/t19-,23-/m1/s1. The van der Waals surface area contributed by atoms with Crippen LogP contribution in [0.2, 0.25) is 0 Å². The maximum absolute atomic E-state index is 13.8. The molecule has 0 radical (unpaired) electrons. The number of fused-ring (bicyclic) bond motifs is 1. The van der Waals surface area contributed by atoms with E-state index in [0.29, 0.717) is 32.6 Å². The number of rotatable bonds is 6. The number of aromatic nitrogens is 1. The number of cyclic esters (lactones) is 1. The number of benzene rings is 1. The van der Waals surface area contributed by atoms with Gasteiger partial charge in [-0.05, 0) is 56.5 Å². The molecule has 38 heavy (non-hydrogen) atoms. The molecule has 5 rings (SSSR count). The summed E-state index contributed by atoms with van der Waals surface area (Å²) in [4.78, 5) is 36.8. The van der Waals surface area contributed by atoms with Crippen molar-refractivity contribution in [2.45, 2.75) is 64.1 Å². The van der Waals surface area contributed by atoms with E-state index in [0.717, 1.165) is 29.1 Å². The lowest BCUT2D eigenvalue weighted by Crippen LogP contribution is -2.61. The summed E-state index contributed by atoms with van der Waals surface area (Å²) in [7, 11) is 0. The number of anilines is 1. The molecule has 2 aromatic rings. The van der Waals surface area contributed by atoms with Crippen molar-refractivity contribution in [1.82, 2.24) is 20.1 Å². The first kappa shape index (κ1) is 26.6. The maximum Gasteiger partial charge on any atom is 0.410 e. The van der Waals surface area contributed by atoms with Crippen molar-refractivity contribution in [1.29, 1.82) is 0 Å². The van der Waals surface area contributed by atoms with Gasteiger partial charge in [-0.25, -0.2) is 9.18 Å². The molecule has 8 nitrogen and oxygen atoms in total. The van der Waals surface area contributed by atoms with Gasteiger partial charge in [0.15, 0.2) is 0 Å². The maximum atomic E-state index is 13.8. The first-order valence-electron chi connectivity index (χ1n) is 13.4. The number of nitrogens with one attached hydrogen (secondary N) is 1. The van der Waals surface area contributed by atoms with Crippen LogP contribution in [-0.4, -0.2) is 83.7 Å². The Morgan fingerprint density at radius 3 is 2.58 bits per heavy atom. The highest BCUT2D eigenvalue weighted by atomic mass is 19.1. The van der Waals surface area contributed by atoms with Gasteiger partial charge in [0.05, 0.1) is 24.5 Å². The second-order valence-electron chi connectivity index (χ2n) is 12.3. The fourth-order valence-corrected chi connectivity index (χ4v) is 5.85. The van der Waals surface area contributed by atoms with E-state index in [-0.39, 0.29) is 41.9 Å². The molecule has 1 N–H and O–H groups in total. The molecule has 0 spiro atoms. The Hall–Kier alpha value is -3.04. The molecule has 204 valence electrons. The number of pyridine rings is 1. The van der Waals surface area contributed by atoms with Gasteiger partial charge < -0.3 is 19.9 Å². The van der Waals surface area contributed by atoms with E-state index >= 15 is 0 Å². The first-order valence-corrected chi connectivity index (χ1v) is 13.4. The topological polar surface area (TPSA) is 78.0 Å². The van der Waals surface area contributed by atoms with Gasteiger partial charge in [0.25, 0.3) is 0 Å². The Kier molecular flexibility index (Phi) is 6.94. The van der Waals surface area contributed by atoms with Gasteiger partial charge in [-0.3, -0.25) is 14.7 Å². The van der Waals surface area contributed by atoms with Crippen LogP contribution in [0.25, 0.3) is 0 Å². The molecule has 2 amide bonds. The van der Waals surface area contributed by atoms with Crippen LogP contribution >= 0.6 is 0 Å². The van der Waals surface area contributed by atoms with Gasteiger partial charge in [0.1, 0.15) is 11.4 Å². The number of piperazine rings is 1. The fourth-order valence-electron chi connectivity index (χ4n) is 5.85. The highest BCUT2D eigenvalue weighted by molar-refractivity contribution is 5.97. The summed E-state index contributed by atoms with van der Waals surface area (Å²) < 4.78 is 18.8. The van der Waals surface area contributed by atoms with Gasteiger partial charge in [0.2, 0.25) is 5.91 Å². The zero-order valence-electron chi connectivity index (χ0n) is 23.0. The summed E-state index contributed by atoms with van der Waals surface area (Å²) in [6.07, 6.45) is 2.18. The second kappa shape index (κ2) is 9.93. The van der Waals surface area contributed by atoms with E-state index in [9.17, 15) is 14.0 Å². The normalized spacial score (nSPS) is 24.4. The number of amides is 2. The summed E-state index contributed by atoms with van der Waals surface area (Å²) in [6, 6.07) is 8.78. The summed E-state index contributed by atoms with van der Waals surface area (Å²) >= 11 is 0. The molecule has 2 atom stereocenters. The molecule has 0 aliphatic carbocycles. The van der Waals surface area contributed by atoms with Crippen molar-refractivity contribution >= 4 is 17.7 Å². The smallest absolute Gasteiger partial charge is 0.410 e. The molecule has 0 saturated carbocycles. The average Bonchev–Trinajstić information content (AvgIpc) is 3.27. The summed E-state index contributed by atoms with van der Waals surface area (Å²) in [6.45, 7) is 13.5. The van der Waals surface area contributed by atoms with Crippen molar-refractivity contribution in [3.8, 4) is 0 Å². The molecule has 2 fully saturated rings. The largest absolute Gasteiger partial charge is 0.441 e. The minimum atomic E-state index is -0.503. The van der Waals surface area contributed by atoms with Crippen LogP contribution in [0.1, 0.15) is 51.4 Å². The number of carbonyl (C=O) groups is 2. The zero-order chi connectivity index (χ0) is 27.2. The van der Waals surface area contributed by atoms with Crippen molar-refractivity contribution in [3.05, 3.63) is 59.2 Å². The molecule has 2 saturated heterocycles. The van der Waals surface area contributed by atoms with Gasteiger partial charge in [-0.1, -0.05) is 26.0 Å². The zero-order valence-corrected chi connectivity index (χ0v) is 23.0. The van der Waals surface area contributed by atoms with Crippen LogP contribution in [0, 0.1) is 5.82 Å². The molecule has 4 heterocycles. The van der Waals surface area contributed by atoms with Crippen molar-refractivity contribution < 1.29 is 18.7 Å². The molecule has 0 unspecified atom stereocenters. The molecule has 1 aromatic carbocycles. The lowest BCUT2D eigenvalue weighted by molar-refractivity contribution is -0.120. The number of hydrogen-bond donors (Lipinski definition) is 1. The Balaban J connectivity index is 1.33. The molecule has 1 aromatic heterocycles. The predicted molar refractivity (Wildman–Crippen MR) is 144 cm³/mol. The molecule has 3 aliphatic rings. The molecular formula is C29H38FN5O3. The Labute approximate surface area is 224 Å². The van der Waals surface area contributed by atoms with Crippen molar-refractivity contribution in [3.63, 3.8) is 0 Å². The van der Waals surface area contributed by atoms with Crippen molar-refractivity contribution in [2.75, 3.05) is 44.2 Å². The van der Waals surface area contributed by atoms with E-state index in [2.05, 4.69) is 37.1 Å². The Bertz CT molecular complexity index is 1220. The number of halogens is 1. The van der Waals surface area contributed by atoms with E-state index in [1.54, 1.807) is 17.0 Å². The van der Waals surface area contributed by atoms with Gasteiger partial charge in [-0.2, -0.15) is 0 Å². The molecular weight excluding hydrogens is 485 g/mol. The molecule has 0 bridgehead atoms. The minimum Gasteiger partial charge on any atom is -0.441 e. The number of carbonyl (C=O) groups excluding carboxylic acids is 2. The molecule has 9 heteroatoms. The first-order chi connectivity index (χ1) is 17.9.